The fraction of sp³-hybridized carbons (Fsp3) is 0.389. The molecule has 0 saturated carbocycles. The molecule has 0 N–H and O–H groups in total. The first-order valence-electron chi connectivity index (χ1n) is 9.13. The van der Waals surface area contributed by atoms with E-state index >= 15 is 0 Å². The number of nitrogens with zero attached hydrogens (tertiary/aromatic N) is 6. The van der Waals surface area contributed by atoms with Crippen LogP contribution in [0.4, 0.5) is 5.82 Å². The zero-order valence-corrected chi connectivity index (χ0v) is 18.7. The standard InChI is InChI=1S/C18H21ClN6O2S2/c1-12-13(2)25(11-20-12)17-10-16(21-14(3)22-17)23-6-8-24(9-7-23)29(26,27)18-5-4-15(19)28-18/h4-5,10-11H,6-9H2,1-3H3. The van der Waals surface area contributed by atoms with Crippen LogP contribution >= 0.6 is 22.9 Å². The van der Waals surface area contributed by atoms with E-state index in [0.29, 0.717) is 36.3 Å². The van der Waals surface area contributed by atoms with E-state index in [1.54, 1.807) is 18.5 Å². The maximum absolute atomic E-state index is 12.8. The highest BCUT2D eigenvalue weighted by atomic mass is 35.5. The van der Waals surface area contributed by atoms with E-state index in [0.717, 1.165) is 34.4 Å². The van der Waals surface area contributed by atoms with Crippen molar-refractivity contribution in [1.82, 2.24) is 23.8 Å². The lowest BCUT2D eigenvalue weighted by Gasteiger charge is -2.34. The maximum atomic E-state index is 12.8. The number of thiophene rings is 1. The molecule has 0 aromatic carbocycles. The first-order chi connectivity index (χ1) is 13.8. The van der Waals surface area contributed by atoms with Gasteiger partial charge in [0.25, 0.3) is 10.0 Å². The predicted octanol–water partition coefficient (Wildman–Crippen LogP) is 2.81. The molecule has 1 aliphatic heterocycles. The second-order valence-electron chi connectivity index (χ2n) is 6.87. The third-order valence-corrected chi connectivity index (χ3v) is 8.61. The lowest BCUT2D eigenvalue weighted by atomic mass is 10.3. The maximum Gasteiger partial charge on any atom is 0.252 e. The van der Waals surface area contributed by atoms with Crippen molar-refractivity contribution in [2.24, 2.45) is 0 Å². The topological polar surface area (TPSA) is 84.2 Å². The molecular weight excluding hydrogens is 432 g/mol. The molecule has 3 aromatic rings. The third kappa shape index (κ3) is 3.89. The molecule has 3 aromatic heterocycles. The van der Waals surface area contributed by atoms with Gasteiger partial charge in [-0.05, 0) is 32.9 Å². The van der Waals surface area contributed by atoms with Crippen LogP contribution in [0.25, 0.3) is 5.82 Å². The van der Waals surface area contributed by atoms with Crippen LogP contribution in [0, 0.1) is 20.8 Å². The van der Waals surface area contributed by atoms with Crippen molar-refractivity contribution >= 4 is 38.8 Å². The van der Waals surface area contributed by atoms with Crippen LogP contribution in [0.2, 0.25) is 4.34 Å². The average Bonchev–Trinajstić information content (AvgIpc) is 3.28. The van der Waals surface area contributed by atoms with E-state index in [4.69, 9.17) is 11.6 Å². The first-order valence-corrected chi connectivity index (χ1v) is 11.8. The highest BCUT2D eigenvalue weighted by Gasteiger charge is 2.30. The van der Waals surface area contributed by atoms with Crippen LogP contribution in [0.15, 0.2) is 28.7 Å². The number of piperazine rings is 1. The summed E-state index contributed by atoms with van der Waals surface area (Å²) in [5.41, 5.74) is 1.98. The minimum Gasteiger partial charge on any atom is -0.354 e. The summed E-state index contributed by atoms with van der Waals surface area (Å²) in [4.78, 5) is 15.5. The van der Waals surface area contributed by atoms with Crippen molar-refractivity contribution in [3.05, 3.63) is 46.1 Å². The van der Waals surface area contributed by atoms with Gasteiger partial charge in [-0.25, -0.2) is 23.4 Å². The molecule has 0 spiro atoms. The fourth-order valence-electron chi connectivity index (χ4n) is 3.27. The Hall–Kier alpha value is -2.01. The Bertz CT molecular complexity index is 1150. The fourth-order valence-corrected chi connectivity index (χ4v) is 6.33. The smallest absolute Gasteiger partial charge is 0.252 e. The molecule has 0 radical (unpaired) electrons. The Balaban J connectivity index is 1.54. The number of rotatable bonds is 4. The van der Waals surface area contributed by atoms with Crippen molar-refractivity contribution in [3.8, 4) is 5.82 Å². The van der Waals surface area contributed by atoms with Gasteiger partial charge in [0, 0.05) is 37.9 Å². The molecule has 0 bridgehead atoms. The lowest BCUT2D eigenvalue weighted by Crippen LogP contribution is -2.48. The lowest BCUT2D eigenvalue weighted by molar-refractivity contribution is 0.384. The Morgan fingerprint density at radius 3 is 2.31 bits per heavy atom. The summed E-state index contributed by atoms with van der Waals surface area (Å²) in [6, 6.07) is 5.09. The normalized spacial score (nSPS) is 15.8. The van der Waals surface area contributed by atoms with E-state index < -0.39 is 10.0 Å². The molecule has 8 nitrogen and oxygen atoms in total. The van der Waals surface area contributed by atoms with Crippen LogP contribution < -0.4 is 4.90 Å². The van der Waals surface area contributed by atoms with Gasteiger partial charge in [0.05, 0.1) is 10.0 Å². The van der Waals surface area contributed by atoms with Gasteiger partial charge < -0.3 is 4.90 Å². The number of hydrogen-bond donors (Lipinski definition) is 0. The van der Waals surface area contributed by atoms with Crippen LogP contribution in [-0.2, 0) is 10.0 Å². The minimum atomic E-state index is -3.51. The van der Waals surface area contributed by atoms with Crippen molar-refractivity contribution in [2.45, 2.75) is 25.0 Å². The highest BCUT2D eigenvalue weighted by molar-refractivity contribution is 7.91. The van der Waals surface area contributed by atoms with Crippen LogP contribution in [0.1, 0.15) is 17.2 Å². The average molecular weight is 453 g/mol. The van der Waals surface area contributed by atoms with Crippen LogP contribution in [0.5, 0.6) is 0 Å². The Morgan fingerprint density at radius 1 is 1.03 bits per heavy atom. The molecule has 1 fully saturated rings. The monoisotopic (exact) mass is 452 g/mol. The molecule has 29 heavy (non-hydrogen) atoms. The molecule has 0 atom stereocenters. The summed E-state index contributed by atoms with van der Waals surface area (Å²) in [6.07, 6.45) is 1.76. The molecular formula is C18H21ClN6O2S2. The predicted molar refractivity (Wildman–Crippen MR) is 114 cm³/mol. The molecule has 4 heterocycles. The summed E-state index contributed by atoms with van der Waals surface area (Å²) in [7, 11) is -3.51. The van der Waals surface area contributed by atoms with E-state index in [1.807, 2.05) is 31.4 Å². The minimum absolute atomic E-state index is 0.280. The van der Waals surface area contributed by atoms with Crippen molar-refractivity contribution in [3.63, 3.8) is 0 Å². The first kappa shape index (κ1) is 20.3. The van der Waals surface area contributed by atoms with Gasteiger partial charge in [-0.3, -0.25) is 4.57 Å². The molecule has 0 amide bonds. The van der Waals surface area contributed by atoms with Gasteiger partial charge in [0.2, 0.25) is 0 Å². The van der Waals surface area contributed by atoms with Crippen molar-refractivity contribution < 1.29 is 8.42 Å². The molecule has 0 unspecified atom stereocenters. The zero-order chi connectivity index (χ0) is 20.8. The third-order valence-electron chi connectivity index (χ3n) is 5.01. The molecule has 4 rings (SSSR count). The highest BCUT2D eigenvalue weighted by Crippen LogP contribution is 2.29. The number of anilines is 1. The SMILES string of the molecule is Cc1nc(N2CCN(S(=O)(=O)c3ccc(Cl)s3)CC2)cc(-n2cnc(C)c2C)n1. The summed E-state index contributed by atoms with van der Waals surface area (Å²) >= 11 is 6.99. The van der Waals surface area contributed by atoms with E-state index in [2.05, 4.69) is 19.9 Å². The Kier molecular flexibility index (Phi) is 5.36. The summed E-state index contributed by atoms with van der Waals surface area (Å²) in [6.45, 7) is 7.69. The van der Waals surface area contributed by atoms with Gasteiger partial charge in [0.1, 0.15) is 28.0 Å². The quantitative estimate of drug-likeness (QED) is 0.605. The van der Waals surface area contributed by atoms with Gasteiger partial charge in [-0.1, -0.05) is 11.6 Å². The number of aromatic nitrogens is 4. The van der Waals surface area contributed by atoms with Crippen molar-refractivity contribution in [2.75, 3.05) is 31.1 Å². The summed E-state index contributed by atoms with van der Waals surface area (Å²) in [5.74, 6) is 2.20. The van der Waals surface area contributed by atoms with E-state index in [1.165, 1.54) is 4.31 Å². The van der Waals surface area contributed by atoms with E-state index in [9.17, 15) is 8.42 Å². The largest absolute Gasteiger partial charge is 0.354 e. The molecule has 11 heteroatoms. The number of halogens is 1. The summed E-state index contributed by atoms with van der Waals surface area (Å²) in [5, 5.41) is 0. The molecule has 1 saturated heterocycles. The second kappa shape index (κ2) is 7.67. The van der Waals surface area contributed by atoms with E-state index in [-0.39, 0.29) is 4.21 Å². The molecule has 154 valence electrons. The second-order valence-corrected chi connectivity index (χ2v) is 10.7. The Morgan fingerprint density at radius 2 is 1.72 bits per heavy atom. The Labute approximate surface area is 178 Å². The number of sulfonamides is 1. The summed E-state index contributed by atoms with van der Waals surface area (Å²) < 4.78 is 29.8. The van der Waals surface area contributed by atoms with Gasteiger partial charge in [-0.15, -0.1) is 11.3 Å². The number of aryl methyl sites for hydroxylation is 2. The molecule has 0 aliphatic carbocycles. The zero-order valence-electron chi connectivity index (χ0n) is 16.3. The molecule has 1 aliphatic rings. The van der Waals surface area contributed by atoms with Gasteiger partial charge >= 0.3 is 0 Å². The number of hydrogen-bond acceptors (Lipinski definition) is 7. The van der Waals surface area contributed by atoms with Crippen LogP contribution in [0.3, 0.4) is 0 Å². The van der Waals surface area contributed by atoms with Gasteiger partial charge in [0.15, 0.2) is 0 Å². The van der Waals surface area contributed by atoms with Crippen molar-refractivity contribution in [1.29, 1.82) is 0 Å². The van der Waals surface area contributed by atoms with Crippen LogP contribution in [-0.4, -0.2) is 58.4 Å². The van der Waals surface area contributed by atoms with Gasteiger partial charge in [-0.2, -0.15) is 4.31 Å². The number of imidazole rings is 1.